The topological polar surface area (TPSA) is 97.2 Å². The van der Waals surface area contributed by atoms with Crippen LogP contribution in [0.1, 0.15) is 34.2 Å². The van der Waals surface area contributed by atoms with Crippen LogP contribution in [0.2, 0.25) is 0 Å². The molecule has 212 valence electrons. The lowest BCUT2D eigenvalue weighted by Crippen LogP contribution is -2.35. The van der Waals surface area contributed by atoms with Gasteiger partial charge in [0.25, 0.3) is 0 Å². The Morgan fingerprint density at radius 2 is 1.64 bits per heavy atom. The summed E-state index contributed by atoms with van der Waals surface area (Å²) in [6.45, 7) is 2.40. The lowest BCUT2D eigenvalue weighted by atomic mass is 9.83. The minimum absolute atomic E-state index is 0.0246. The molecule has 42 heavy (non-hydrogen) atoms. The normalized spacial score (nSPS) is 14.4. The highest BCUT2D eigenvalue weighted by atomic mass is 32.2. The predicted octanol–water partition coefficient (Wildman–Crippen LogP) is 5.95. The molecule has 1 atom stereocenters. The molecule has 0 radical (unpaired) electrons. The van der Waals surface area contributed by atoms with E-state index in [0.29, 0.717) is 30.8 Å². The standard InChI is InChI=1S/C35H33N3O3S/c1-23-20-24-21-27(41-34(24)28-16-17-32(40)38-33(23)28)22-37-31(39)18-19-42-35(25-10-4-2-5-11-25,26-12-6-3-7-13-26)29-14-8-9-15-30(29)36/h2-17,20,27H,18-19,21-22,36H2,1H3,(H,37,39)(H,38,40). The maximum absolute atomic E-state index is 13.1. The van der Waals surface area contributed by atoms with Crippen LogP contribution in [0.5, 0.6) is 5.75 Å². The van der Waals surface area contributed by atoms with Gasteiger partial charge in [-0.2, -0.15) is 0 Å². The van der Waals surface area contributed by atoms with E-state index in [4.69, 9.17) is 10.5 Å². The second kappa shape index (κ2) is 11.8. The van der Waals surface area contributed by atoms with E-state index < -0.39 is 4.75 Å². The number of thioether (sulfide) groups is 1. The van der Waals surface area contributed by atoms with Crippen molar-refractivity contribution in [3.8, 4) is 5.75 Å². The van der Waals surface area contributed by atoms with Gasteiger partial charge in [0.05, 0.1) is 16.8 Å². The summed E-state index contributed by atoms with van der Waals surface area (Å²) in [4.78, 5) is 27.8. The minimum Gasteiger partial charge on any atom is -0.487 e. The number of hydrogen-bond acceptors (Lipinski definition) is 5. The maximum atomic E-state index is 13.1. The van der Waals surface area contributed by atoms with E-state index in [1.165, 1.54) is 6.07 Å². The first-order valence-corrected chi connectivity index (χ1v) is 15.1. The zero-order valence-electron chi connectivity index (χ0n) is 23.4. The number of H-pyrrole nitrogens is 1. The first-order valence-electron chi connectivity index (χ1n) is 14.1. The average Bonchev–Trinajstić information content (AvgIpc) is 3.43. The van der Waals surface area contributed by atoms with Gasteiger partial charge in [0.1, 0.15) is 11.9 Å². The van der Waals surface area contributed by atoms with Crippen LogP contribution < -0.4 is 21.3 Å². The van der Waals surface area contributed by atoms with Crippen LogP contribution in [0.25, 0.3) is 10.9 Å². The van der Waals surface area contributed by atoms with Gasteiger partial charge < -0.3 is 20.8 Å². The molecule has 4 aromatic carbocycles. The molecule has 1 amide bonds. The van der Waals surface area contributed by atoms with Gasteiger partial charge in [-0.05, 0) is 46.9 Å². The highest BCUT2D eigenvalue weighted by molar-refractivity contribution is 8.00. The molecular weight excluding hydrogens is 542 g/mol. The Bertz CT molecular complexity index is 1750. The number of aryl methyl sites for hydroxylation is 1. The van der Waals surface area contributed by atoms with E-state index in [1.54, 1.807) is 11.8 Å². The lowest BCUT2D eigenvalue weighted by Gasteiger charge is -2.36. The van der Waals surface area contributed by atoms with Gasteiger partial charge in [-0.25, -0.2) is 0 Å². The summed E-state index contributed by atoms with van der Waals surface area (Å²) in [5.74, 6) is 1.36. The van der Waals surface area contributed by atoms with Gasteiger partial charge >= 0.3 is 0 Å². The highest BCUT2D eigenvalue weighted by Crippen LogP contribution is 2.50. The number of nitrogens with one attached hydrogen (secondary N) is 2. The van der Waals surface area contributed by atoms with Crippen molar-refractivity contribution in [3.05, 3.63) is 141 Å². The number of fused-ring (bicyclic) bond motifs is 3. The van der Waals surface area contributed by atoms with Crippen molar-refractivity contribution in [1.82, 2.24) is 10.3 Å². The molecule has 0 saturated carbocycles. The number of carbonyl (C=O) groups excluding carboxylic acids is 1. The molecule has 2 heterocycles. The molecular formula is C35H33N3O3S. The summed E-state index contributed by atoms with van der Waals surface area (Å²) in [5.41, 5.74) is 13.3. The summed E-state index contributed by atoms with van der Waals surface area (Å²) >= 11 is 1.72. The number of amides is 1. The molecule has 0 bridgehead atoms. The number of benzene rings is 4. The lowest BCUT2D eigenvalue weighted by molar-refractivity contribution is -0.121. The molecule has 0 saturated heterocycles. The molecule has 4 N–H and O–H groups in total. The Morgan fingerprint density at radius 1 is 0.976 bits per heavy atom. The third kappa shape index (κ3) is 5.28. The number of hydrogen-bond donors (Lipinski definition) is 3. The van der Waals surface area contributed by atoms with Gasteiger partial charge in [0.15, 0.2) is 0 Å². The van der Waals surface area contributed by atoms with E-state index in [9.17, 15) is 9.59 Å². The first kappa shape index (κ1) is 27.7. The molecule has 1 aliphatic rings. The number of ether oxygens (including phenoxy) is 1. The SMILES string of the molecule is Cc1cc2c(c3ccc(=O)[nH]c13)OC(CNC(=O)CCSC(c1ccccc1)(c1ccccc1)c1ccccc1N)C2. The third-order valence-corrected chi connectivity index (χ3v) is 9.38. The van der Waals surface area contributed by atoms with Crippen molar-refractivity contribution in [2.45, 2.75) is 30.6 Å². The van der Waals surface area contributed by atoms with Crippen LogP contribution in [0.3, 0.4) is 0 Å². The van der Waals surface area contributed by atoms with E-state index in [0.717, 1.165) is 44.5 Å². The summed E-state index contributed by atoms with van der Waals surface area (Å²) in [6.07, 6.45) is 0.894. The van der Waals surface area contributed by atoms with Crippen LogP contribution in [0, 0.1) is 6.92 Å². The summed E-state index contributed by atoms with van der Waals surface area (Å²) in [6, 6.07) is 34.1. The number of para-hydroxylation sites is 1. The number of aromatic nitrogens is 1. The van der Waals surface area contributed by atoms with Crippen molar-refractivity contribution in [2.24, 2.45) is 0 Å². The average molecular weight is 576 g/mol. The molecule has 1 aromatic heterocycles. The van der Waals surface area contributed by atoms with Gasteiger partial charge in [-0.15, -0.1) is 11.8 Å². The third-order valence-electron chi connectivity index (χ3n) is 7.85. The van der Waals surface area contributed by atoms with Crippen LogP contribution >= 0.6 is 11.8 Å². The predicted molar refractivity (Wildman–Crippen MR) is 171 cm³/mol. The summed E-state index contributed by atoms with van der Waals surface area (Å²) < 4.78 is 5.68. The number of aromatic amines is 1. The van der Waals surface area contributed by atoms with Crippen molar-refractivity contribution >= 4 is 34.3 Å². The van der Waals surface area contributed by atoms with Crippen molar-refractivity contribution in [2.75, 3.05) is 18.0 Å². The van der Waals surface area contributed by atoms with E-state index in [1.807, 2.05) is 67.6 Å². The number of anilines is 1. The number of rotatable bonds is 9. The molecule has 6 nitrogen and oxygen atoms in total. The monoisotopic (exact) mass is 575 g/mol. The Labute approximate surface area is 249 Å². The van der Waals surface area contributed by atoms with Crippen molar-refractivity contribution in [1.29, 1.82) is 0 Å². The van der Waals surface area contributed by atoms with Gasteiger partial charge in [0, 0.05) is 35.7 Å². The molecule has 0 fully saturated rings. The minimum atomic E-state index is -0.579. The number of pyridine rings is 1. The van der Waals surface area contributed by atoms with E-state index in [-0.39, 0.29) is 17.6 Å². The van der Waals surface area contributed by atoms with Crippen molar-refractivity contribution < 1.29 is 9.53 Å². The second-order valence-electron chi connectivity index (χ2n) is 10.6. The zero-order valence-corrected chi connectivity index (χ0v) is 24.2. The zero-order chi connectivity index (χ0) is 29.1. The fourth-order valence-electron chi connectivity index (χ4n) is 5.90. The fraction of sp³-hybridized carbons (Fsp3) is 0.200. The summed E-state index contributed by atoms with van der Waals surface area (Å²) in [7, 11) is 0. The molecule has 6 rings (SSSR count). The van der Waals surface area contributed by atoms with Gasteiger partial charge in [-0.1, -0.05) is 84.9 Å². The largest absolute Gasteiger partial charge is 0.487 e. The van der Waals surface area contributed by atoms with E-state index >= 15 is 0 Å². The second-order valence-corrected chi connectivity index (χ2v) is 11.9. The molecule has 5 aromatic rings. The van der Waals surface area contributed by atoms with Crippen LogP contribution in [-0.4, -0.2) is 29.3 Å². The van der Waals surface area contributed by atoms with Crippen LogP contribution in [0.4, 0.5) is 5.69 Å². The Balaban J connectivity index is 1.17. The Morgan fingerprint density at radius 3 is 2.33 bits per heavy atom. The first-order chi connectivity index (χ1) is 20.5. The van der Waals surface area contributed by atoms with Gasteiger partial charge in [0.2, 0.25) is 11.5 Å². The molecule has 0 spiro atoms. The van der Waals surface area contributed by atoms with Crippen molar-refractivity contribution in [3.63, 3.8) is 0 Å². The maximum Gasteiger partial charge on any atom is 0.248 e. The number of carbonyl (C=O) groups is 1. The Hall–Kier alpha value is -4.49. The molecule has 1 unspecified atom stereocenters. The fourth-order valence-corrected chi connectivity index (χ4v) is 7.44. The quantitative estimate of drug-likeness (QED) is 0.149. The van der Waals surface area contributed by atoms with Gasteiger partial charge in [-0.3, -0.25) is 9.59 Å². The van der Waals surface area contributed by atoms with Crippen LogP contribution in [0.15, 0.2) is 108 Å². The number of nitrogen functional groups attached to an aromatic ring is 1. The molecule has 7 heteroatoms. The Kier molecular flexibility index (Phi) is 7.76. The molecule has 1 aliphatic heterocycles. The summed E-state index contributed by atoms with van der Waals surface area (Å²) in [5, 5.41) is 3.98. The smallest absolute Gasteiger partial charge is 0.248 e. The van der Waals surface area contributed by atoms with E-state index in [2.05, 4.69) is 46.7 Å². The molecule has 0 aliphatic carbocycles. The number of nitrogens with two attached hydrogens (primary N) is 1. The highest BCUT2D eigenvalue weighted by Gasteiger charge is 2.38. The van der Waals surface area contributed by atoms with Crippen LogP contribution in [-0.2, 0) is 16.0 Å².